The SMILES string of the molecule is Cc1nc(C)c(CN2CCCC3(CCC(=O)N3Cc3cncs3)CC2)s1.O=C(O)C(F)(F)F. The zero-order chi connectivity index (χ0) is 24.2. The molecule has 2 aromatic heterocycles. The van der Waals surface area contributed by atoms with Crippen LogP contribution in [0, 0.1) is 13.8 Å². The number of hydrogen-bond donors (Lipinski definition) is 1. The Labute approximate surface area is 198 Å². The van der Waals surface area contributed by atoms with Gasteiger partial charge in [0.2, 0.25) is 5.91 Å². The third-order valence-electron chi connectivity index (χ3n) is 6.09. The second kappa shape index (κ2) is 10.5. The molecule has 1 unspecified atom stereocenters. The van der Waals surface area contributed by atoms with Crippen molar-refractivity contribution in [3.8, 4) is 0 Å². The zero-order valence-corrected chi connectivity index (χ0v) is 20.2. The van der Waals surface area contributed by atoms with Crippen LogP contribution >= 0.6 is 22.7 Å². The Morgan fingerprint density at radius 3 is 2.52 bits per heavy atom. The summed E-state index contributed by atoms with van der Waals surface area (Å²) in [6.07, 6.45) is 1.89. The molecule has 2 aliphatic heterocycles. The number of aliphatic carboxylic acids is 1. The zero-order valence-electron chi connectivity index (χ0n) is 18.5. The van der Waals surface area contributed by atoms with Crippen LogP contribution in [-0.2, 0) is 22.7 Å². The van der Waals surface area contributed by atoms with E-state index in [-0.39, 0.29) is 5.54 Å². The van der Waals surface area contributed by atoms with Gasteiger partial charge in [-0.3, -0.25) is 14.7 Å². The van der Waals surface area contributed by atoms with Gasteiger partial charge in [-0.05, 0) is 46.1 Å². The van der Waals surface area contributed by atoms with Crippen molar-refractivity contribution in [2.45, 2.75) is 70.8 Å². The van der Waals surface area contributed by atoms with Crippen LogP contribution in [-0.4, -0.2) is 61.6 Å². The van der Waals surface area contributed by atoms with E-state index in [1.54, 1.807) is 11.3 Å². The lowest BCUT2D eigenvalue weighted by Crippen LogP contribution is -2.45. The molecule has 0 aliphatic carbocycles. The van der Waals surface area contributed by atoms with E-state index in [0.29, 0.717) is 12.3 Å². The number of hydrogen-bond acceptors (Lipinski definition) is 7. The number of rotatable bonds is 4. The standard InChI is InChI=1S/C19H26N4OS2.C2HF3O2/c1-14-17(26-15(2)21-14)12-22-8-3-5-19(7-9-22)6-4-18(24)23(19)11-16-10-20-13-25-16;3-2(4,5)1(6)7/h10,13H,3-9,11-12H2,1-2H3;(H,6,7). The molecule has 182 valence electrons. The molecular formula is C21H27F3N4O3S2. The number of alkyl halides is 3. The minimum absolute atomic E-state index is 0.0501. The number of aromatic nitrogens is 2. The van der Waals surface area contributed by atoms with Crippen LogP contribution in [0.5, 0.6) is 0 Å². The second-order valence-corrected chi connectivity index (χ2v) is 10.6. The van der Waals surface area contributed by atoms with Gasteiger partial charge in [0, 0.05) is 41.0 Å². The molecule has 7 nitrogen and oxygen atoms in total. The van der Waals surface area contributed by atoms with Crippen molar-refractivity contribution in [2.75, 3.05) is 13.1 Å². The number of amides is 1. The number of likely N-dealkylation sites (tertiary alicyclic amines) is 2. The minimum Gasteiger partial charge on any atom is -0.475 e. The topological polar surface area (TPSA) is 86.6 Å². The Morgan fingerprint density at radius 2 is 1.94 bits per heavy atom. The monoisotopic (exact) mass is 504 g/mol. The largest absolute Gasteiger partial charge is 0.490 e. The van der Waals surface area contributed by atoms with Crippen LogP contribution < -0.4 is 0 Å². The number of halogens is 3. The predicted molar refractivity (Wildman–Crippen MR) is 119 cm³/mol. The molecule has 1 atom stereocenters. The summed E-state index contributed by atoms with van der Waals surface area (Å²) >= 11 is 3.47. The maximum absolute atomic E-state index is 12.6. The number of aryl methyl sites for hydroxylation is 2. The Balaban J connectivity index is 0.000000383. The molecule has 2 aromatic rings. The molecule has 2 saturated heterocycles. The Morgan fingerprint density at radius 1 is 1.21 bits per heavy atom. The summed E-state index contributed by atoms with van der Waals surface area (Å²) in [6.45, 7) is 8.10. The van der Waals surface area contributed by atoms with Crippen molar-refractivity contribution >= 4 is 34.6 Å². The molecule has 1 N–H and O–H groups in total. The highest BCUT2D eigenvalue weighted by Crippen LogP contribution is 2.40. The predicted octanol–water partition coefficient (Wildman–Crippen LogP) is 4.40. The van der Waals surface area contributed by atoms with Crippen LogP contribution in [0.3, 0.4) is 0 Å². The molecule has 1 amide bonds. The van der Waals surface area contributed by atoms with E-state index in [0.717, 1.165) is 56.9 Å². The summed E-state index contributed by atoms with van der Waals surface area (Å²) < 4.78 is 31.7. The Kier molecular flexibility index (Phi) is 8.12. The number of carbonyl (C=O) groups excluding carboxylic acids is 1. The van der Waals surface area contributed by atoms with Crippen molar-refractivity contribution in [3.63, 3.8) is 0 Å². The fourth-order valence-electron chi connectivity index (χ4n) is 4.44. The summed E-state index contributed by atoms with van der Waals surface area (Å²) in [5.74, 6) is -2.44. The van der Waals surface area contributed by atoms with Gasteiger partial charge < -0.3 is 10.0 Å². The molecule has 2 fully saturated rings. The van der Waals surface area contributed by atoms with Gasteiger partial charge in [0.15, 0.2) is 0 Å². The van der Waals surface area contributed by atoms with Gasteiger partial charge in [-0.1, -0.05) is 0 Å². The Hall–Kier alpha value is -2.05. The molecule has 0 bridgehead atoms. The average molecular weight is 505 g/mol. The number of carboxylic acids is 1. The first-order chi connectivity index (χ1) is 15.5. The van der Waals surface area contributed by atoms with Crippen molar-refractivity contribution in [1.82, 2.24) is 19.8 Å². The van der Waals surface area contributed by atoms with Gasteiger partial charge in [-0.25, -0.2) is 9.78 Å². The fraction of sp³-hybridized carbons (Fsp3) is 0.619. The van der Waals surface area contributed by atoms with Crippen LogP contribution in [0.1, 0.15) is 52.6 Å². The van der Waals surface area contributed by atoms with Gasteiger partial charge in [0.1, 0.15) is 0 Å². The quantitative estimate of drug-likeness (QED) is 0.664. The first-order valence-corrected chi connectivity index (χ1v) is 12.3. The molecule has 0 aromatic carbocycles. The highest BCUT2D eigenvalue weighted by atomic mass is 32.1. The maximum Gasteiger partial charge on any atom is 0.490 e. The van der Waals surface area contributed by atoms with Crippen molar-refractivity contribution in [1.29, 1.82) is 0 Å². The van der Waals surface area contributed by atoms with Crippen LogP contribution in [0.4, 0.5) is 13.2 Å². The van der Waals surface area contributed by atoms with Crippen molar-refractivity contribution in [3.05, 3.63) is 32.2 Å². The Bertz CT molecular complexity index is 965. The molecule has 12 heteroatoms. The van der Waals surface area contributed by atoms with Crippen LogP contribution in [0.15, 0.2) is 11.7 Å². The number of carboxylic acid groups (broad SMARTS) is 1. The molecule has 0 saturated carbocycles. The van der Waals surface area contributed by atoms with Crippen molar-refractivity contribution < 1.29 is 27.9 Å². The summed E-state index contributed by atoms with van der Waals surface area (Å²) in [5.41, 5.74) is 3.08. The highest BCUT2D eigenvalue weighted by molar-refractivity contribution is 7.11. The lowest BCUT2D eigenvalue weighted by Gasteiger charge is -2.38. The summed E-state index contributed by atoms with van der Waals surface area (Å²) in [6, 6.07) is 0. The minimum atomic E-state index is -5.08. The third-order valence-corrected chi connectivity index (χ3v) is 7.92. The first-order valence-electron chi connectivity index (χ1n) is 10.6. The van der Waals surface area contributed by atoms with E-state index < -0.39 is 12.1 Å². The normalized spacial score (nSPS) is 21.7. The van der Waals surface area contributed by atoms with Gasteiger partial charge in [0.25, 0.3) is 0 Å². The van der Waals surface area contributed by atoms with E-state index in [2.05, 4.69) is 33.6 Å². The molecular weight excluding hydrogens is 477 g/mol. The maximum atomic E-state index is 12.6. The number of nitrogens with zero attached hydrogens (tertiary/aromatic N) is 4. The van der Waals surface area contributed by atoms with Gasteiger partial charge in [-0.15, -0.1) is 22.7 Å². The molecule has 0 radical (unpaired) electrons. The van der Waals surface area contributed by atoms with Crippen LogP contribution in [0.25, 0.3) is 0 Å². The van der Waals surface area contributed by atoms with Gasteiger partial charge in [-0.2, -0.15) is 13.2 Å². The molecule has 33 heavy (non-hydrogen) atoms. The second-order valence-electron chi connectivity index (χ2n) is 8.35. The van der Waals surface area contributed by atoms with E-state index in [1.807, 2.05) is 23.0 Å². The van der Waals surface area contributed by atoms with E-state index in [9.17, 15) is 18.0 Å². The highest BCUT2D eigenvalue weighted by Gasteiger charge is 2.45. The summed E-state index contributed by atoms with van der Waals surface area (Å²) in [4.78, 5) is 37.6. The lowest BCUT2D eigenvalue weighted by molar-refractivity contribution is -0.192. The first kappa shape index (κ1) is 25.6. The summed E-state index contributed by atoms with van der Waals surface area (Å²) in [7, 11) is 0. The molecule has 4 heterocycles. The molecule has 1 spiro atoms. The molecule has 4 rings (SSSR count). The number of thiazole rings is 2. The van der Waals surface area contributed by atoms with E-state index >= 15 is 0 Å². The van der Waals surface area contributed by atoms with Gasteiger partial charge in [0.05, 0.1) is 22.8 Å². The molecule has 2 aliphatic rings. The summed E-state index contributed by atoms with van der Waals surface area (Å²) in [5, 5.41) is 8.28. The van der Waals surface area contributed by atoms with Gasteiger partial charge >= 0.3 is 12.1 Å². The number of carbonyl (C=O) groups is 2. The average Bonchev–Trinajstić information content (AvgIpc) is 3.38. The van der Waals surface area contributed by atoms with Crippen molar-refractivity contribution in [2.24, 2.45) is 0 Å². The van der Waals surface area contributed by atoms with E-state index in [4.69, 9.17) is 9.90 Å². The van der Waals surface area contributed by atoms with Crippen LogP contribution in [0.2, 0.25) is 0 Å². The fourth-order valence-corrected chi connectivity index (χ4v) is 6.00. The smallest absolute Gasteiger partial charge is 0.475 e. The van der Waals surface area contributed by atoms with E-state index in [1.165, 1.54) is 15.4 Å². The lowest BCUT2D eigenvalue weighted by atomic mass is 9.87. The third kappa shape index (κ3) is 6.51.